The van der Waals surface area contributed by atoms with E-state index >= 15 is 0 Å². The summed E-state index contributed by atoms with van der Waals surface area (Å²) in [6, 6.07) is 7.97. The maximum Gasteiger partial charge on any atom is 0.240 e. The molecule has 0 aliphatic heterocycles. The monoisotopic (exact) mass is 247 g/mol. The van der Waals surface area contributed by atoms with Gasteiger partial charge in [0.2, 0.25) is 5.89 Å². The van der Waals surface area contributed by atoms with Crippen molar-refractivity contribution in [3.8, 4) is 5.75 Å². The molecule has 1 aromatic heterocycles. The molecule has 2 aromatic rings. The van der Waals surface area contributed by atoms with E-state index in [1.165, 1.54) is 0 Å². The average molecular weight is 247 g/mol. The van der Waals surface area contributed by atoms with Gasteiger partial charge < -0.3 is 9.26 Å². The summed E-state index contributed by atoms with van der Waals surface area (Å²) in [5.41, 5.74) is 1.14. The summed E-state index contributed by atoms with van der Waals surface area (Å²) in [4.78, 5) is 6.29. The molecular formula is C13H17N3O2. The van der Waals surface area contributed by atoms with E-state index in [0.29, 0.717) is 18.3 Å². The number of hydrogen-bond acceptors (Lipinski definition) is 5. The Kier molecular flexibility index (Phi) is 3.94. The van der Waals surface area contributed by atoms with E-state index in [2.05, 4.69) is 15.0 Å². The topological polar surface area (TPSA) is 51.4 Å². The van der Waals surface area contributed by atoms with Gasteiger partial charge in [0, 0.05) is 12.1 Å². The average Bonchev–Trinajstić information content (AvgIpc) is 2.75. The van der Waals surface area contributed by atoms with E-state index in [4.69, 9.17) is 9.26 Å². The van der Waals surface area contributed by atoms with Crippen LogP contribution in [0.25, 0.3) is 0 Å². The standard InChI is InChI=1S/C13H17N3O2/c1-10-14-13(18-15-10)9-16(2)8-11-6-4-5-7-12(11)17-3/h4-7H,8-9H2,1-3H3. The van der Waals surface area contributed by atoms with E-state index < -0.39 is 0 Å². The normalized spacial score (nSPS) is 10.9. The van der Waals surface area contributed by atoms with Gasteiger partial charge in [-0.15, -0.1) is 0 Å². The third kappa shape index (κ3) is 3.07. The molecule has 96 valence electrons. The number of para-hydroxylation sites is 1. The van der Waals surface area contributed by atoms with Crippen molar-refractivity contribution in [3.05, 3.63) is 41.5 Å². The molecule has 0 saturated heterocycles. The fourth-order valence-electron chi connectivity index (χ4n) is 1.82. The molecule has 0 atom stereocenters. The lowest BCUT2D eigenvalue weighted by atomic mass is 10.2. The smallest absolute Gasteiger partial charge is 0.240 e. The van der Waals surface area contributed by atoms with Crippen LogP contribution in [0.5, 0.6) is 5.75 Å². The van der Waals surface area contributed by atoms with Gasteiger partial charge in [-0.25, -0.2) is 0 Å². The van der Waals surface area contributed by atoms with Gasteiger partial charge in [0.25, 0.3) is 0 Å². The highest BCUT2D eigenvalue weighted by Gasteiger charge is 2.09. The first-order chi connectivity index (χ1) is 8.69. The maximum absolute atomic E-state index is 5.32. The van der Waals surface area contributed by atoms with Gasteiger partial charge in [-0.05, 0) is 20.0 Å². The van der Waals surface area contributed by atoms with E-state index in [-0.39, 0.29) is 0 Å². The fraction of sp³-hybridized carbons (Fsp3) is 0.385. The van der Waals surface area contributed by atoms with Gasteiger partial charge in [-0.1, -0.05) is 23.4 Å². The first-order valence-electron chi connectivity index (χ1n) is 5.78. The molecule has 0 N–H and O–H groups in total. The summed E-state index contributed by atoms with van der Waals surface area (Å²) in [6.45, 7) is 3.21. The second-order valence-corrected chi connectivity index (χ2v) is 4.22. The Morgan fingerprint density at radius 1 is 1.28 bits per heavy atom. The quantitative estimate of drug-likeness (QED) is 0.809. The van der Waals surface area contributed by atoms with Crippen LogP contribution in [-0.4, -0.2) is 29.2 Å². The summed E-state index contributed by atoms with van der Waals surface area (Å²) in [7, 11) is 3.69. The second kappa shape index (κ2) is 5.64. The van der Waals surface area contributed by atoms with Gasteiger partial charge in [0.05, 0.1) is 13.7 Å². The van der Waals surface area contributed by atoms with Crippen LogP contribution in [0.15, 0.2) is 28.8 Å². The molecule has 0 aliphatic rings. The van der Waals surface area contributed by atoms with Crippen molar-refractivity contribution in [1.29, 1.82) is 0 Å². The first kappa shape index (κ1) is 12.6. The van der Waals surface area contributed by atoms with Crippen LogP contribution in [0.4, 0.5) is 0 Å². The number of hydrogen-bond donors (Lipinski definition) is 0. The zero-order valence-electron chi connectivity index (χ0n) is 10.9. The summed E-state index contributed by atoms with van der Waals surface area (Å²) >= 11 is 0. The number of aromatic nitrogens is 2. The number of benzene rings is 1. The van der Waals surface area contributed by atoms with Crippen LogP contribution < -0.4 is 4.74 Å². The largest absolute Gasteiger partial charge is 0.496 e. The molecule has 0 radical (unpaired) electrons. The third-order valence-corrected chi connectivity index (χ3v) is 2.61. The van der Waals surface area contributed by atoms with Crippen molar-refractivity contribution in [2.45, 2.75) is 20.0 Å². The highest BCUT2D eigenvalue weighted by molar-refractivity contribution is 5.32. The minimum atomic E-state index is 0.624. The minimum absolute atomic E-state index is 0.624. The van der Waals surface area contributed by atoms with Crippen molar-refractivity contribution < 1.29 is 9.26 Å². The Balaban J connectivity index is 2.00. The van der Waals surface area contributed by atoms with Crippen LogP contribution >= 0.6 is 0 Å². The molecule has 5 nitrogen and oxygen atoms in total. The zero-order chi connectivity index (χ0) is 13.0. The SMILES string of the molecule is COc1ccccc1CN(C)Cc1nc(C)no1. The molecule has 0 saturated carbocycles. The van der Waals surface area contributed by atoms with E-state index in [0.717, 1.165) is 17.9 Å². The van der Waals surface area contributed by atoms with Gasteiger partial charge in [0.15, 0.2) is 5.82 Å². The van der Waals surface area contributed by atoms with Crippen LogP contribution in [0.2, 0.25) is 0 Å². The zero-order valence-corrected chi connectivity index (χ0v) is 10.9. The lowest BCUT2D eigenvalue weighted by Gasteiger charge is -2.16. The molecule has 0 amide bonds. The van der Waals surface area contributed by atoms with Gasteiger partial charge in [-0.3, -0.25) is 4.90 Å². The van der Waals surface area contributed by atoms with Crippen LogP contribution in [0.3, 0.4) is 0 Å². The molecule has 0 spiro atoms. The molecule has 0 bridgehead atoms. The first-order valence-corrected chi connectivity index (χ1v) is 5.78. The molecular weight excluding hydrogens is 230 g/mol. The number of aryl methyl sites for hydroxylation is 1. The van der Waals surface area contributed by atoms with E-state index in [9.17, 15) is 0 Å². The van der Waals surface area contributed by atoms with Crippen LogP contribution in [-0.2, 0) is 13.1 Å². The summed E-state index contributed by atoms with van der Waals surface area (Å²) < 4.78 is 10.4. The van der Waals surface area contributed by atoms with Crippen molar-refractivity contribution in [2.75, 3.05) is 14.2 Å². The molecule has 1 heterocycles. The molecule has 2 rings (SSSR count). The van der Waals surface area contributed by atoms with Crippen molar-refractivity contribution in [1.82, 2.24) is 15.0 Å². The maximum atomic E-state index is 5.32. The number of rotatable bonds is 5. The minimum Gasteiger partial charge on any atom is -0.496 e. The Morgan fingerprint density at radius 3 is 2.72 bits per heavy atom. The van der Waals surface area contributed by atoms with Gasteiger partial charge in [0.1, 0.15) is 5.75 Å². The molecule has 1 aromatic carbocycles. The van der Waals surface area contributed by atoms with E-state index in [1.54, 1.807) is 7.11 Å². The Hall–Kier alpha value is -1.88. The predicted octanol–water partition coefficient (Wildman–Crippen LogP) is 2.02. The van der Waals surface area contributed by atoms with Gasteiger partial charge >= 0.3 is 0 Å². The predicted molar refractivity (Wildman–Crippen MR) is 67.2 cm³/mol. The van der Waals surface area contributed by atoms with E-state index in [1.807, 2.05) is 38.2 Å². The molecule has 0 unspecified atom stereocenters. The van der Waals surface area contributed by atoms with Crippen LogP contribution in [0.1, 0.15) is 17.3 Å². The van der Waals surface area contributed by atoms with Gasteiger partial charge in [-0.2, -0.15) is 4.98 Å². The lowest BCUT2D eigenvalue weighted by Crippen LogP contribution is -2.17. The number of nitrogens with zero attached hydrogens (tertiary/aromatic N) is 3. The molecule has 0 aliphatic carbocycles. The van der Waals surface area contributed by atoms with Crippen molar-refractivity contribution >= 4 is 0 Å². The Bertz CT molecular complexity index is 510. The molecule has 18 heavy (non-hydrogen) atoms. The second-order valence-electron chi connectivity index (χ2n) is 4.22. The Labute approximate surface area is 106 Å². The number of ether oxygens (including phenoxy) is 1. The number of methoxy groups -OCH3 is 1. The van der Waals surface area contributed by atoms with Crippen LogP contribution in [0, 0.1) is 6.92 Å². The molecule has 5 heteroatoms. The summed E-state index contributed by atoms with van der Waals surface area (Å²) in [5.74, 6) is 2.19. The lowest BCUT2D eigenvalue weighted by molar-refractivity contribution is 0.257. The van der Waals surface area contributed by atoms with Crippen molar-refractivity contribution in [3.63, 3.8) is 0 Å². The Morgan fingerprint density at radius 2 is 2.06 bits per heavy atom. The third-order valence-electron chi connectivity index (χ3n) is 2.61. The molecule has 0 fully saturated rings. The van der Waals surface area contributed by atoms with Crippen molar-refractivity contribution in [2.24, 2.45) is 0 Å². The fourth-order valence-corrected chi connectivity index (χ4v) is 1.82. The highest BCUT2D eigenvalue weighted by Crippen LogP contribution is 2.19. The summed E-state index contributed by atoms with van der Waals surface area (Å²) in [5, 5.41) is 3.77. The highest BCUT2D eigenvalue weighted by atomic mass is 16.5. The summed E-state index contributed by atoms with van der Waals surface area (Å²) in [6.07, 6.45) is 0.